The molecule has 1 aromatic carbocycles. The molecule has 0 saturated carbocycles. The van der Waals surface area contributed by atoms with E-state index in [1.165, 1.54) is 0 Å². The van der Waals surface area contributed by atoms with Gasteiger partial charge in [0, 0.05) is 49.3 Å². The van der Waals surface area contributed by atoms with Gasteiger partial charge in [0.15, 0.2) is 0 Å². The molecule has 6 heteroatoms. The third-order valence-corrected chi connectivity index (χ3v) is 5.98. The van der Waals surface area contributed by atoms with E-state index in [9.17, 15) is 14.7 Å². The first-order valence-corrected chi connectivity index (χ1v) is 9.12. The van der Waals surface area contributed by atoms with Gasteiger partial charge in [0.05, 0.1) is 5.92 Å². The van der Waals surface area contributed by atoms with Crippen molar-refractivity contribution in [3.8, 4) is 0 Å². The first-order chi connectivity index (χ1) is 12.5. The molecule has 0 bridgehead atoms. The fourth-order valence-corrected chi connectivity index (χ4v) is 4.55. The first-order valence-electron chi connectivity index (χ1n) is 9.12. The number of hydrogen-bond donors (Lipinski definition) is 2. The molecule has 1 spiro atoms. The minimum atomic E-state index is -0.738. The van der Waals surface area contributed by atoms with Gasteiger partial charge < -0.3 is 14.8 Å². The number of benzene rings is 1. The molecule has 1 unspecified atom stereocenters. The number of carboxylic acids is 1. The van der Waals surface area contributed by atoms with E-state index in [1.807, 2.05) is 25.1 Å². The number of carboxylic acid groups (broad SMARTS) is 1. The molecule has 2 aliphatic rings. The second-order valence-corrected chi connectivity index (χ2v) is 7.75. The quantitative estimate of drug-likeness (QED) is 0.881. The first kappa shape index (κ1) is 17.2. The van der Waals surface area contributed by atoms with Crippen LogP contribution in [-0.2, 0) is 16.1 Å². The van der Waals surface area contributed by atoms with Gasteiger partial charge in [-0.1, -0.05) is 11.6 Å². The molecule has 2 aromatic rings. The van der Waals surface area contributed by atoms with Crippen LogP contribution < -0.4 is 5.56 Å². The van der Waals surface area contributed by atoms with Gasteiger partial charge in [-0.2, -0.15) is 0 Å². The van der Waals surface area contributed by atoms with Crippen LogP contribution in [-0.4, -0.2) is 47.3 Å². The maximum absolute atomic E-state index is 12.5. The zero-order valence-electron chi connectivity index (χ0n) is 15.0. The molecular weight excluding hydrogens is 332 g/mol. The zero-order valence-corrected chi connectivity index (χ0v) is 15.0. The van der Waals surface area contributed by atoms with Gasteiger partial charge in [-0.25, -0.2) is 0 Å². The molecule has 0 aliphatic carbocycles. The van der Waals surface area contributed by atoms with Crippen LogP contribution >= 0.6 is 0 Å². The molecule has 1 atom stereocenters. The van der Waals surface area contributed by atoms with Crippen molar-refractivity contribution < 1.29 is 14.6 Å². The topological polar surface area (TPSA) is 82.6 Å². The van der Waals surface area contributed by atoms with Crippen LogP contribution in [0.25, 0.3) is 10.9 Å². The number of pyridine rings is 1. The Morgan fingerprint density at radius 3 is 2.85 bits per heavy atom. The maximum atomic E-state index is 12.5. The summed E-state index contributed by atoms with van der Waals surface area (Å²) < 4.78 is 5.45. The minimum absolute atomic E-state index is 0.0962. The van der Waals surface area contributed by atoms with Crippen molar-refractivity contribution in [1.29, 1.82) is 0 Å². The molecular formula is C20H24N2O4. The van der Waals surface area contributed by atoms with Gasteiger partial charge in [0.2, 0.25) is 0 Å². The third-order valence-electron chi connectivity index (χ3n) is 5.98. The summed E-state index contributed by atoms with van der Waals surface area (Å²) in [6, 6.07) is 7.89. The third kappa shape index (κ3) is 3.04. The van der Waals surface area contributed by atoms with E-state index in [-0.39, 0.29) is 11.0 Å². The lowest BCUT2D eigenvalue weighted by Crippen LogP contribution is -2.40. The molecule has 1 aromatic heterocycles. The number of fused-ring (bicyclic) bond motifs is 1. The van der Waals surface area contributed by atoms with Gasteiger partial charge in [-0.15, -0.1) is 0 Å². The Hall–Kier alpha value is -2.18. The van der Waals surface area contributed by atoms with Gasteiger partial charge >= 0.3 is 5.97 Å². The number of rotatable bonds is 3. The lowest BCUT2D eigenvalue weighted by atomic mass is 9.72. The van der Waals surface area contributed by atoms with E-state index in [1.54, 1.807) is 0 Å². The Labute approximate surface area is 151 Å². The number of likely N-dealkylation sites (tertiary alicyclic amines) is 1. The van der Waals surface area contributed by atoms with Gasteiger partial charge in [-0.3, -0.25) is 14.5 Å². The summed E-state index contributed by atoms with van der Waals surface area (Å²) in [7, 11) is 0. The fourth-order valence-electron chi connectivity index (χ4n) is 4.55. The largest absolute Gasteiger partial charge is 0.481 e. The summed E-state index contributed by atoms with van der Waals surface area (Å²) in [5, 5.41) is 10.7. The van der Waals surface area contributed by atoms with E-state index in [2.05, 4.69) is 16.0 Å². The van der Waals surface area contributed by atoms with Crippen LogP contribution in [0.5, 0.6) is 0 Å². The van der Waals surface area contributed by atoms with Crippen molar-refractivity contribution in [2.45, 2.75) is 26.3 Å². The standard InChI is InChI=1S/C20H24N2O4/c1-13-2-3-17-14(8-13)9-15(18(23)21-17)10-22-11-16(19(24)25)20(12-22)4-6-26-7-5-20/h2-3,8-9,16H,4-7,10-12H2,1H3,(H,21,23)(H,24,25). The number of carbonyl (C=O) groups is 1. The van der Waals surface area contributed by atoms with Gasteiger partial charge in [-0.05, 0) is 43.4 Å². The average Bonchev–Trinajstić information content (AvgIpc) is 2.94. The highest BCUT2D eigenvalue weighted by Gasteiger charge is 2.50. The molecule has 0 radical (unpaired) electrons. The Morgan fingerprint density at radius 2 is 2.12 bits per heavy atom. The van der Waals surface area contributed by atoms with Crippen molar-refractivity contribution in [3.63, 3.8) is 0 Å². The smallest absolute Gasteiger partial charge is 0.308 e. The number of nitrogens with zero attached hydrogens (tertiary/aromatic N) is 1. The molecule has 138 valence electrons. The molecule has 4 rings (SSSR count). The van der Waals surface area contributed by atoms with Crippen LogP contribution in [0.1, 0.15) is 24.0 Å². The van der Waals surface area contributed by atoms with E-state index < -0.39 is 11.9 Å². The molecule has 3 heterocycles. The van der Waals surface area contributed by atoms with Crippen molar-refractivity contribution in [3.05, 3.63) is 45.7 Å². The van der Waals surface area contributed by atoms with Gasteiger partial charge in [0.1, 0.15) is 0 Å². The number of aryl methyl sites for hydroxylation is 1. The van der Waals surface area contributed by atoms with E-state index in [0.717, 1.165) is 29.3 Å². The molecule has 2 saturated heterocycles. The molecule has 2 N–H and O–H groups in total. The average molecular weight is 356 g/mol. The fraction of sp³-hybridized carbons (Fsp3) is 0.500. The second-order valence-electron chi connectivity index (χ2n) is 7.75. The second kappa shape index (κ2) is 6.52. The van der Waals surface area contributed by atoms with Crippen LogP contribution in [0.4, 0.5) is 0 Å². The molecule has 0 amide bonds. The summed E-state index contributed by atoms with van der Waals surface area (Å²) in [5.74, 6) is -1.13. The monoisotopic (exact) mass is 356 g/mol. The number of aliphatic carboxylic acids is 1. The predicted molar refractivity (Wildman–Crippen MR) is 98.2 cm³/mol. The number of aromatic nitrogens is 1. The van der Waals surface area contributed by atoms with Crippen LogP contribution in [0.15, 0.2) is 29.1 Å². The number of ether oxygens (including phenoxy) is 1. The Bertz CT molecular complexity index is 898. The minimum Gasteiger partial charge on any atom is -0.481 e. The molecule has 6 nitrogen and oxygen atoms in total. The summed E-state index contributed by atoms with van der Waals surface area (Å²) >= 11 is 0. The Kier molecular flexibility index (Phi) is 4.32. The Morgan fingerprint density at radius 1 is 1.35 bits per heavy atom. The van der Waals surface area contributed by atoms with Crippen LogP contribution in [0, 0.1) is 18.3 Å². The summed E-state index contributed by atoms with van der Waals surface area (Å²) in [6.07, 6.45) is 1.54. The predicted octanol–water partition coefficient (Wildman–Crippen LogP) is 2.15. The Balaban J connectivity index is 1.61. The maximum Gasteiger partial charge on any atom is 0.308 e. The SMILES string of the molecule is Cc1ccc2[nH]c(=O)c(CN3CC(C(=O)O)C4(CCOCC4)C3)cc2c1. The number of H-pyrrole nitrogens is 1. The molecule has 2 fully saturated rings. The normalized spacial score (nSPS) is 22.9. The van der Waals surface area contributed by atoms with Gasteiger partial charge in [0.25, 0.3) is 5.56 Å². The number of nitrogens with one attached hydrogen (secondary N) is 1. The molecule has 26 heavy (non-hydrogen) atoms. The highest BCUT2D eigenvalue weighted by molar-refractivity contribution is 5.79. The number of hydrogen-bond acceptors (Lipinski definition) is 4. The van der Waals surface area contributed by atoms with Crippen molar-refractivity contribution in [2.24, 2.45) is 11.3 Å². The van der Waals surface area contributed by atoms with Crippen molar-refractivity contribution in [1.82, 2.24) is 9.88 Å². The molecule has 2 aliphatic heterocycles. The van der Waals surface area contributed by atoms with Crippen molar-refractivity contribution in [2.75, 3.05) is 26.3 Å². The highest BCUT2D eigenvalue weighted by Crippen LogP contribution is 2.44. The van der Waals surface area contributed by atoms with Crippen LogP contribution in [0.2, 0.25) is 0 Å². The van der Waals surface area contributed by atoms with E-state index >= 15 is 0 Å². The lowest BCUT2D eigenvalue weighted by Gasteiger charge is -2.36. The lowest BCUT2D eigenvalue weighted by molar-refractivity contribution is -0.147. The van der Waals surface area contributed by atoms with Crippen molar-refractivity contribution >= 4 is 16.9 Å². The summed E-state index contributed by atoms with van der Waals surface area (Å²) in [6.45, 7) is 4.93. The summed E-state index contributed by atoms with van der Waals surface area (Å²) in [5.41, 5.74) is 2.33. The van der Waals surface area contributed by atoms with E-state index in [0.29, 0.717) is 38.4 Å². The van der Waals surface area contributed by atoms with Crippen LogP contribution in [0.3, 0.4) is 0 Å². The summed E-state index contributed by atoms with van der Waals surface area (Å²) in [4.78, 5) is 29.4. The highest BCUT2D eigenvalue weighted by atomic mass is 16.5. The van der Waals surface area contributed by atoms with E-state index in [4.69, 9.17) is 4.74 Å². The number of aromatic amines is 1. The zero-order chi connectivity index (χ0) is 18.3.